The number of benzene rings is 3. The molecule has 2 aliphatic rings. The number of fused-ring (bicyclic) bond motifs is 1. The predicted molar refractivity (Wildman–Crippen MR) is 175 cm³/mol. The normalized spacial score (nSPS) is 16.4. The Balaban J connectivity index is 1.31. The van der Waals surface area contributed by atoms with Crippen molar-refractivity contribution in [3.05, 3.63) is 84.1 Å². The molecule has 4 aromatic rings. The quantitative estimate of drug-likeness (QED) is 0.183. The summed E-state index contributed by atoms with van der Waals surface area (Å²) in [7, 11) is -2.74. The third-order valence-corrected chi connectivity index (χ3v) is 14.4. The van der Waals surface area contributed by atoms with E-state index in [1.54, 1.807) is 0 Å². The summed E-state index contributed by atoms with van der Waals surface area (Å²) in [5, 5.41) is 17.2. The van der Waals surface area contributed by atoms with E-state index in [0.29, 0.717) is 38.1 Å². The van der Waals surface area contributed by atoms with Gasteiger partial charge in [-0.3, -0.25) is 0 Å². The SMILES string of the molecule is CC(C)(C)[Si](OCc1cc2c(CCC3CCN(C(=O)O)CC3)noc2cc1OCC1CC1)(c1ccccc1)c1ccccc1. The van der Waals surface area contributed by atoms with Gasteiger partial charge in [0.15, 0.2) is 5.58 Å². The van der Waals surface area contributed by atoms with Gasteiger partial charge in [-0.1, -0.05) is 86.6 Å². The maximum atomic E-state index is 11.3. The van der Waals surface area contributed by atoms with E-state index < -0.39 is 14.4 Å². The van der Waals surface area contributed by atoms with Gasteiger partial charge in [-0.15, -0.1) is 0 Å². The number of carbonyl (C=O) groups is 1. The summed E-state index contributed by atoms with van der Waals surface area (Å²) in [6, 6.07) is 25.6. The minimum atomic E-state index is -2.74. The van der Waals surface area contributed by atoms with E-state index in [4.69, 9.17) is 13.7 Å². The summed E-state index contributed by atoms with van der Waals surface area (Å²) in [5.41, 5.74) is 2.70. The number of hydrogen-bond donors (Lipinski definition) is 1. The van der Waals surface area contributed by atoms with Gasteiger partial charge in [0.25, 0.3) is 8.32 Å². The minimum Gasteiger partial charge on any atom is -0.493 e. The smallest absolute Gasteiger partial charge is 0.407 e. The number of aromatic nitrogens is 1. The Labute approximate surface area is 261 Å². The minimum absolute atomic E-state index is 0.132. The molecule has 1 amide bonds. The van der Waals surface area contributed by atoms with Gasteiger partial charge in [0.2, 0.25) is 0 Å². The molecule has 0 atom stereocenters. The number of rotatable bonds is 11. The van der Waals surface area contributed by atoms with Gasteiger partial charge >= 0.3 is 6.09 Å². The van der Waals surface area contributed by atoms with Gasteiger partial charge in [0.05, 0.1) is 18.9 Å². The summed E-state index contributed by atoms with van der Waals surface area (Å²) in [6.07, 6.45) is 5.14. The standard InChI is InChI=1S/C36H44N2O5Si/c1-36(2,3)44(29-10-6-4-7-11-29,30-12-8-5-9-13-30)42-25-28-22-31-32(17-16-26-18-20-38(21-19-26)35(39)40)37-43-34(31)23-33(28)41-24-27-14-15-27/h4-13,22-23,26-27H,14-21,24-25H2,1-3H3,(H,39,40). The molecule has 3 aromatic carbocycles. The number of ether oxygens (including phenoxy) is 1. The topological polar surface area (TPSA) is 85.0 Å². The summed E-state index contributed by atoms with van der Waals surface area (Å²) in [5.74, 6) is 1.91. The highest BCUT2D eigenvalue weighted by molar-refractivity contribution is 6.99. The van der Waals surface area contributed by atoms with E-state index in [-0.39, 0.29) is 5.04 Å². The van der Waals surface area contributed by atoms with Crippen LogP contribution in [-0.4, -0.2) is 49.3 Å². The lowest BCUT2D eigenvalue weighted by Gasteiger charge is -2.43. The zero-order valence-corrected chi connectivity index (χ0v) is 27.1. The zero-order valence-electron chi connectivity index (χ0n) is 26.1. The Morgan fingerprint density at radius 3 is 2.16 bits per heavy atom. The molecule has 1 saturated carbocycles. The number of nitrogens with zero attached hydrogens (tertiary/aromatic N) is 2. The van der Waals surface area contributed by atoms with Crippen LogP contribution in [0.1, 0.15) is 64.1 Å². The van der Waals surface area contributed by atoms with Crippen molar-refractivity contribution in [2.45, 2.75) is 70.9 Å². The Morgan fingerprint density at radius 1 is 0.955 bits per heavy atom. The van der Waals surface area contributed by atoms with Crippen LogP contribution in [0.4, 0.5) is 4.79 Å². The van der Waals surface area contributed by atoms with E-state index >= 15 is 0 Å². The van der Waals surface area contributed by atoms with Gasteiger partial charge < -0.3 is 23.7 Å². The van der Waals surface area contributed by atoms with E-state index in [0.717, 1.165) is 53.7 Å². The molecular formula is C36H44N2O5Si. The van der Waals surface area contributed by atoms with Crippen molar-refractivity contribution in [1.29, 1.82) is 0 Å². The van der Waals surface area contributed by atoms with Crippen LogP contribution in [0.15, 0.2) is 77.3 Å². The highest BCUT2D eigenvalue weighted by atomic mass is 28.4. The lowest BCUT2D eigenvalue weighted by atomic mass is 9.91. The average Bonchev–Trinajstić information content (AvgIpc) is 3.78. The van der Waals surface area contributed by atoms with E-state index in [1.807, 2.05) is 6.07 Å². The highest BCUT2D eigenvalue weighted by Crippen LogP contribution is 2.39. The van der Waals surface area contributed by atoms with Crippen molar-refractivity contribution in [1.82, 2.24) is 10.1 Å². The molecule has 1 saturated heterocycles. The second kappa shape index (κ2) is 12.8. The molecule has 1 N–H and O–H groups in total. The first-order valence-corrected chi connectivity index (χ1v) is 17.9. The Bertz CT molecular complexity index is 1510. The second-order valence-electron chi connectivity index (χ2n) is 13.5. The maximum Gasteiger partial charge on any atom is 0.407 e. The number of carboxylic acid groups (broad SMARTS) is 1. The van der Waals surface area contributed by atoms with Crippen molar-refractivity contribution >= 4 is 35.8 Å². The van der Waals surface area contributed by atoms with Crippen molar-refractivity contribution in [3.63, 3.8) is 0 Å². The maximum absolute atomic E-state index is 11.3. The molecule has 0 spiro atoms. The highest BCUT2D eigenvalue weighted by Gasteiger charge is 2.50. The summed E-state index contributed by atoms with van der Waals surface area (Å²) in [4.78, 5) is 12.8. The third-order valence-electron chi connectivity index (χ3n) is 9.43. The van der Waals surface area contributed by atoms with Gasteiger partial charge in [0, 0.05) is 30.1 Å². The summed E-state index contributed by atoms with van der Waals surface area (Å²) < 4.78 is 19.6. The van der Waals surface area contributed by atoms with E-state index in [1.165, 1.54) is 28.1 Å². The largest absolute Gasteiger partial charge is 0.493 e. The number of likely N-dealkylation sites (tertiary alicyclic amines) is 1. The van der Waals surface area contributed by atoms with Gasteiger partial charge in [-0.25, -0.2) is 4.79 Å². The van der Waals surface area contributed by atoms with Crippen molar-refractivity contribution in [2.75, 3.05) is 19.7 Å². The van der Waals surface area contributed by atoms with Gasteiger partial charge in [0.1, 0.15) is 5.75 Å². The molecule has 1 aliphatic carbocycles. The van der Waals surface area contributed by atoms with Crippen LogP contribution in [0.5, 0.6) is 5.75 Å². The molecule has 2 heterocycles. The molecule has 1 aromatic heterocycles. The van der Waals surface area contributed by atoms with Crippen molar-refractivity contribution in [2.24, 2.45) is 11.8 Å². The molecule has 1 aliphatic heterocycles. The fourth-order valence-electron chi connectivity index (χ4n) is 6.68. The molecule has 8 heteroatoms. The van der Waals surface area contributed by atoms with Gasteiger partial charge in [-0.05, 0) is 71.8 Å². The molecule has 0 radical (unpaired) electrons. The fraction of sp³-hybridized carbons (Fsp3) is 0.444. The Morgan fingerprint density at radius 2 is 1.59 bits per heavy atom. The summed E-state index contributed by atoms with van der Waals surface area (Å²) in [6.45, 7) is 9.22. The van der Waals surface area contributed by atoms with Crippen molar-refractivity contribution < 1.29 is 23.6 Å². The number of amides is 1. The molecule has 2 fully saturated rings. The van der Waals surface area contributed by atoms with Gasteiger partial charge in [-0.2, -0.15) is 0 Å². The van der Waals surface area contributed by atoms with Crippen LogP contribution in [0, 0.1) is 11.8 Å². The molecule has 0 unspecified atom stereocenters. The molecular weight excluding hydrogens is 568 g/mol. The Hall–Kier alpha value is -3.62. The van der Waals surface area contributed by atoms with Crippen LogP contribution >= 0.6 is 0 Å². The molecule has 44 heavy (non-hydrogen) atoms. The molecule has 7 nitrogen and oxygen atoms in total. The average molecular weight is 613 g/mol. The first kappa shape index (κ1) is 30.4. The lowest BCUT2D eigenvalue weighted by molar-refractivity contribution is 0.123. The second-order valence-corrected chi connectivity index (χ2v) is 17.8. The molecule has 0 bridgehead atoms. The Kier molecular flexibility index (Phi) is 8.83. The number of piperidine rings is 1. The third kappa shape index (κ3) is 6.42. The summed E-state index contributed by atoms with van der Waals surface area (Å²) >= 11 is 0. The van der Waals surface area contributed by atoms with Crippen LogP contribution in [0.3, 0.4) is 0 Å². The predicted octanol–water partition coefficient (Wildman–Crippen LogP) is 7.02. The lowest BCUT2D eigenvalue weighted by Crippen LogP contribution is -2.66. The molecule has 232 valence electrons. The zero-order chi connectivity index (χ0) is 30.7. The van der Waals surface area contributed by atoms with E-state index in [2.05, 4.69) is 92.7 Å². The van der Waals surface area contributed by atoms with Crippen LogP contribution in [0.25, 0.3) is 11.0 Å². The monoisotopic (exact) mass is 612 g/mol. The van der Waals surface area contributed by atoms with Crippen molar-refractivity contribution in [3.8, 4) is 5.75 Å². The number of hydrogen-bond acceptors (Lipinski definition) is 5. The first-order valence-electron chi connectivity index (χ1n) is 16.0. The van der Waals surface area contributed by atoms with E-state index in [9.17, 15) is 9.90 Å². The van der Waals surface area contributed by atoms with Crippen LogP contribution < -0.4 is 15.1 Å². The van der Waals surface area contributed by atoms with Crippen LogP contribution in [0.2, 0.25) is 5.04 Å². The molecule has 6 rings (SSSR count). The van der Waals surface area contributed by atoms with Crippen LogP contribution in [-0.2, 0) is 17.5 Å². The fourth-order valence-corrected chi connectivity index (χ4v) is 11.2. The first-order chi connectivity index (χ1) is 21.2. The number of aryl methyl sites for hydroxylation is 1.